The Hall–Kier alpha value is -3.58. The third-order valence-corrected chi connectivity index (χ3v) is 4.88. The summed E-state index contributed by atoms with van der Waals surface area (Å²) >= 11 is 0. The molecule has 1 aliphatic heterocycles. The predicted molar refractivity (Wildman–Crippen MR) is 104 cm³/mol. The van der Waals surface area contributed by atoms with E-state index >= 15 is 0 Å². The van der Waals surface area contributed by atoms with Crippen molar-refractivity contribution in [3.05, 3.63) is 63.2 Å². The summed E-state index contributed by atoms with van der Waals surface area (Å²) in [5.41, 5.74) is -0.0629. The summed E-state index contributed by atoms with van der Waals surface area (Å²) < 4.78 is 10.2. The number of hydrogen-bond acceptors (Lipinski definition) is 10. The Morgan fingerprint density at radius 1 is 1.03 bits per heavy atom. The minimum atomic E-state index is -2.00. The Morgan fingerprint density at radius 3 is 2.22 bits per heavy atom. The van der Waals surface area contributed by atoms with Crippen LogP contribution in [0.1, 0.15) is 21.5 Å². The first-order valence-corrected chi connectivity index (χ1v) is 9.23. The summed E-state index contributed by atoms with van der Waals surface area (Å²) in [7, 11) is 0. The van der Waals surface area contributed by atoms with Crippen molar-refractivity contribution in [2.45, 2.75) is 37.6 Å². The first kappa shape index (κ1) is 23.1. The van der Waals surface area contributed by atoms with Crippen LogP contribution < -0.4 is 4.74 Å². The Morgan fingerprint density at radius 2 is 1.66 bits per heavy atom. The first-order chi connectivity index (χ1) is 15.0. The van der Waals surface area contributed by atoms with Gasteiger partial charge in [0.2, 0.25) is 12.0 Å². The number of nitro groups is 1. The Balaban J connectivity index is 2.00. The molecule has 1 fully saturated rings. The van der Waals surface area contributed by atoms with Crippen molar-refractivity contribution in [3.8, 4) is 11.5 Å². The molecule has 2 aromatic rings. The van der Waals surface area contributed by atoms with Crippen molar-refractivity contribution in [1.29, 1.82) is 0 Å². The van der Waals surface area contributed by atoms with Gasteiger partial charge in [-0.15, -0.1) is 0 Å². The molecule has 32 heavy (non-hydrogen) atoms. The van der Waals surface area contributed by atoms with E-state index in [9.17, 15) is 40.1 Å². The number of hydrogen-bond donors (Lipinski definition) is 5. The van der Waals surface area contributed by atoms with Gasteiger partial charge in [0.25, 0.3) is 0 Å². The molecular formula is C20H19NO11. The Bertz CT molecular complexity index is 1050. The van der Waals surface area contributed by atoms with Crippen molar-refractivity contribution < 1.29 is 49.5 Å². The molecule has 5 N–H and O–H groups in total. The van der Waals surface area contributed by atoms with Crippen LogP contribution >= 0.6 is 0 Å². The summed E-state index contributed by atoms with van der Waals surface area (Å²) in [4.78, 5) is 34.4. The molecule has 12 heteroatoms. The SMILES string of the molecule is Cc1ccc(C(=O)c2cc(OC3O[C@H](C(=O)O)[C@@H](O)[C@H](O)[C@H]3O)c(O)c([N+](=O)[O-])c2)cc1. The van der Waals surface area contributed by atoms with E-state index in [1.807, 2.05) is 0 Å². The van der Waals surface area contributed by atoms with Crippen LogP contribution in [-0.2, 0) is 9.53 Å². The summed E-state index contributed by atoms with van der Waals surface area (Å²) in [5, 5.41) is 60.4. The number of aliphatic hydroxyl groups is 3. The molecule has 1 unspecified atom stereocenters. The lowest BCUT2D eigenvalue weighted by molar-refractivity contribution is -0.386. The number of aromatic hydroxyl groups is 1. The number of aliphatic hydroxyl groups excluding tert-OH is 3. The van der Waals surface area contributed by atoms with E-state index in [4.69, 9.17) is 14.6 Å². The highest BCUT2D eigenvalue weighted by Gasteiger charge is 2.48. The van der Waals surface area contributed by atoms with E-state index in [0.717, 1.165) is 17.7 Å². The van der Waals surface area contributed by atoms with Crippen LogP contribution in [0.15, 0.2) is 36.4 Å². The topological polar surface area (TPSA) is 197 Å². The predicted octanol–water partition coefficient (Wildman–Crippen LogP) is 0.111. The van der Waals surface area contributed by atoms with Gasteiger partial charge >= 0.3 is 11.7 Å². The number of carbonyl (C=O) groups excluding carboxylic acids is 1. The van der Waals surface area contributed by atoms with Gasteiger partial charge in [0.1, 0.15) is 18.3 Å². The van der Waals surface area contributed by atoms with E-state index in [0.29, 0.717) is 0 Å². The molecule has 170 valence electrons. The van der Waals surface area contributed by atoms with E-state index in [1.54, 1.807) is 19.1 Å². The molecule has 0 spiro atoms. The average Bonchev–Trinajstić information content (AvgIpc) is 2.74. The highest BCUT2D eigenvalue weighted by atomic mass is 16.7. The zero-order chi connectivity index (χ0) is 23.7. The van der Waals surface area contributed by atoms with Crippen LogP contribution in [0.25, 0.3) is 0 Å². The molecule has 3 rings (SSSR count). The smallest absolute Gasteiger partial charge is 0.335 e. The molecule has 0 bridgehead atoms. The van der Waals surface area contributed by atoms with E-state index in [-0.39, 0.29) is 11.1 Å². The first-order valence-electron chi connectivity index (χ1n) is 9.23. The van der Waals surface area contributed by atoms with Crippen LogP contribution in [0, 0.1) is 17.0 Å². The molecule has 12 nitrogen and oxygen atoms in total. The largest absolute Gasteiger partial charge is 0.500 e. The fourth-order valence-electron chi connectivity index (χ4n) is 3.10. The van der Waals surface area contributed by atoms with Gasteiger partial charge in [-0.3, -0.25) is 14.9 Å². The van der Waals surface area contributed by atoms with Crippen LogP contribution in [0.3, 0.4) is 0 Å². The van der Waals surface area contributed by atoms with Crippen LogP contribution in [-0.4, -0.2) is 72.9 Å². The minimum Gasteiger partial charge on any atom is -0.500 e. The molecule has 2 aromatic carbocycles. The number of ketones is 1. The summed E-state index contributed by atoms with van der Waals surface area (Å²) in [5.74, 6) is -4.00. The maximum atomic E-state index is 12.8. The van der Waals surface area contributed by atoms with Gasteiger partial charge < -0.3 is 35.0 Å². The highest BCUT2D eigenvalue weighted by Crippen LogP contribution is 2.39. The van der Waals surface area contributed by atoms with Gasteiger partial charge in [0.15, 0.2) is 17.6 Å². The van der Waals surface area contributed by atoms with Crippen LogP contribution in [0.2, 0.25) is 0 Å². The maximum absolute atomic E-state index is 12.8. The summed E-state index contributed by atoms with van der Waals surface area (Å²) in [6.07, 6.45) is -9.89. The molecule has 1 heterocycles. The number of phenols is 1. The number of carbonyl (C=O) groups is 2. The lowest BCUT2D eigenvalue weighted by atomic mass is 9.99. The normalized spacial score (nSPS) is 25.2. The Labute approximate surface area is 180 Å². The molecule has 5 atom stereocenters. The second-order valence-corrected chi connectivity index (χ2v) is 7.15. The van der Waals surface area contributed by atoms with Gasteiger partial charge in [-0.2, -0.15) is 0 Å². The molecule has 0 amide bonds. The standard InChI is InChI=1S/C20H19NO11/c1-8-2-4-9(5-3-8)13(22)10-6-11(21(29)30)14(23)12(7-10)31-20-17(26)15(24)16(25)18(32-20)19(27)28/h2-7,15-18,20,23-26H,1H3,(H,27,28)/t15-,16-,17+,18-,20?/m0/s1. The van der Waals surface area contributed by atoms with Gasteiger partial charge in [-0.1, -0.05) is 29.8 Å². The van der Waals surface area contributed by atoms with Crippen LogP contribution in [0.4, 0.5) is 5.69 Å². The fraction of sp³-hybridized carbons (Fsp3) is 0.300. The molecule has 0 radical (unpaired) electrons. The number of nitrogens with zero attached hydrogens (tertiary/aromatic N) is 1. The number of aryl methyl sites for hydroxylation is 1. The average molecular weight is 449 g/mol. The second kappa shape index (κ2) is 8.88. The molecule has 0 saturated carbocycles. The van der Waals surface area contributed by atoms with Crippen LogP contribution in [0.5, 0.6) is 11.5 Å². The van der Waals surface area contributed by atoms with Crippen molar-refractivity contribution in [2.24, 2.45) is 0 Å². The van der Waals surface area contributed by atoms with Crippen molar-refractivity contribution in [3.63, 3.8) is 0 Å². The van der Waals surface area contributed by atoms with E-state index in [1.165, 1.54) is 12.1 Å². The van der Waals surface area contributed by atoms with Gasteiger partial charge in [0, 0.05) is 17.2 Å². The highest BCUT2D eigenvalue weighted by molar-refractivity contribution is 6.09. The minimum absolute atomic E-state index is 0.194. The number of phenolic OH excluding ortho intramolecular Hbond substituents is 1. The third kappa shape index (κ3) is 4.38. The van der Waals surface area contributed by atoms with Crippen molar-refractivity contribution in [2.75, 3.05) is 0 Å². The number of aliphatic carboxylic acids is 1. The quantitative estimate of drug-likeness (QED) is 0.228. The molecule has 0 aromatic heterocycles. The molecule has 0 aliphatic carbocycles. The number of carboxylic acid groups (broad SMARTS) is 1. The lowest BCUT2D eigenvalue weighted by Gasteiger charge is -2.38. The zero-order valence-corrected chi connectivity index (χ0v) is 16.5. The lowest BCUT2D eigenvalue weighted by Crippen LogP contribution is -2.61. The number of benzene rings is 2. The number of carboxylic acids is 1. The summed E-state index contributed by atoms with van der Waals surface area (Å²) in [6, 6.07) is 8.10. The van der Waals surface area contributed by atoms with E-state index < -0.39 is 64.6 Å². The molecular weight excluding hydrogens is 430 g/mol. The zero-order valence-electron chi connectivity index (χ0n) is 16.5. The third-order valence-electron chi connectivity index (χ3n) is 4.88. The number of rotatable bonds is 6. The maximum Gasteiger partial charge on any atom is 0.335 e. The van der Waals surface area contributed by atoms with Gasteiger partial charge in [-0.05, 0) is 13.0 Å². The monoisotopic (exact) mass is 449 g/mol. The second-order valence-electron chi connectivity index (χ2n) is 7.15. The van der Waals surface area contributed by atoms with Crippen molar-refractivity contribution in [1.82, 2.24) is 0 Å². The fourth-order valence-corrected chi connectivity index (χ4v) is 3.10. The van der Waals surface area contributed by atoms with E-state index in [2.05, 4.69) is 0 Å². The van der Waals surface area contributed by atoms with Crippen molar-refractivity contribution >= 4 is 17.4 Å². The van der Waals surface area contributed by atoms with Gasteiger partial charge in [0.05, 0.1) is 4.92 Å². The number of ether oxygens (including phenoxy) is 2. The van der Waals surface area contributed by atoms with Gasteiger partial charge in [-0.25, -0.2) is 4.79 Å². The molecule has 1 aliphatic rings. The Kier molecular flexibility index (Phi) is 6.41. The summed E-state index contributed by atoms with van der Waals surface area (Å²) in [6.45, 7) is 1.80. The number of nitro benzene ring substituents is 1. The molecule has 1 saturated heterocycles.